The van der Waals surface area contributed by atoms with Crippen LogP contribution >= 0.6 is 11.8 Å². The van der Waals surface area contributed by atoms with Gasteiger partial charge in [0.15, 0.2) is 0 Å². The van der Waals surface area contributed by atoms with Crippen LogP contribution in [-0.4, -0.2) is 53.3 Å². The quantitative estimate of drug-likeness (QED) is 0.868. The van der Waals surface area contributed by atoms with Crippen LogP contribution < -0.4 is 10.6 Å². The fourth-order valence-electron chi connectivity index (χ4n) is 2.75. The number of para-hydroxylation sites is 1. The maximum absolute atomic E-state index is 12.3. The summed E-state index contributed by atoms with van der Waals surface area (Å²) in [4.78, 5) is 38.5. The zero-order chi connectivity index (χ0) is 16.2. The van der Waals surface area contributed by atoms with Crippen molar-refractivity contribution in [3.63, 3.8) is 0 Å². The fraction of sp³-hybridized carbons (Fsp3) is 0.438. The van der Waals surface area contributed by atoms with Gasteiger partial charge in [0.2, 0.25) is 11.8 Å². The summed E-state index contributed by atoms with van der Waals surface area (Å²) in [5, 5.41) is 5.47. The van der Waals surface area contributed by atoms with Crippen LogP contribution in [0.1, 0.15) is 23.2 Å². The molecule has 2 aliphatic rings. The SMILES string of the molecule is O=C1N[C@@H](CCC(=O)N2CCSCC2)C(=O)Nc2ccccc21. The van der Waals surface area contributed by atoms with Crippen LogP contribution in [0.5, 0.6) is 0 Å². The van der Waals surface area contributed by atoms with Gasteiger partial charge in [-0.05, 0) is 18.6 Å². The van der Waals surface area contributed by atoms with Gasteiger partial charge in [-0.25, -0.2) is 0 Å². The minimum atomic E-state index is -0.682. The molecule has 7 heteroatoms. The number of carbonyl (C=O) groups excluding carboxylic acids is 3. The van der Waals surface area contributed by atoms with Crippen LogP contribution in [0.2, 0.25) is 0 Å². The second-order valence-electron chi connectivity index (χ2n) is 5.59. The third-order valence-electron chi connectivity index (χ3n) is 4.06. The van der Waals surface area contributed by atoms with Gasteiger partial charge in [-0.15, -0.1) is 0 Å². The molecular formula is C16H19N3O3S. The van der Waals surface area contributed by atoms with E-state index in [2.05, 4.69) is 10.6 Å². The van der Waals surface area contributed by atoms with Gasteiger partial charge in [-0.3, -0.25) is 14.4 Å². The van der Waals surface area contributed by atoms with Gasteiger partial charge < -0.3 is 15.5 Å². The molecule has 3 rings (SSSR count). The summed E-state index contributed by atoms with van der Waals surface area (Å²) >= 11 is 1.84. The topological polar surface area (TPSA) is 78.5 Å². The van der Waals surface area contributed by atoms with E-state index < -0.39 is 6.04 Å². The molecule has 23 heavy (non-hydrogen) atoms. The molecule has 1 aromatic rings. The Morgan fingerprint density at radius 1 is 1.22 bits per heavy atom. The highest BCUT2D eigenvalue weighted by Gasteiger charge is 2.28. The predicted octanol–water partition coefficient (Wildman–Crippen LogP) is 1.09. The number of fused-ring (bicyclic) bond motifs is 1. The summed E-state index contributed by atoms with van der Waals surface area (Å²) in [7, 11) is 0. The van der Waals surface area contributed by atoms with E-state index >= 15 is 0 Å². The van der Waals surface area contributed by atoms with E-state index in [4.69, 9.17) is 0 Å². The minimum absolute atomic E-state index is 0.0501. The Labute approximate surface area is 139 Å². The van der Waals surface area contributed by atoms with E-state index in [0.29, 0.717) is 17.7 Å². The minimum Gasteiger partial charge on any atom is -0.341 e. The second kappa shape index (κ2) is 7.04. The van der Waals surface area contributed by atoms with Crippen LogP contribution in [0.25, 0.3) is 0 Å². The molecule has 0 spiro atoms. The summed E-state index contributed by atoms with van der Waals surface area (Å²) in [5.41, 5.74) is 0.958. The second-order valence-corrected chi connectivity index (χ2v) is 6.82. The molecule has 0 aromatic heterocycles. The van der Waals surface area contributed by atoms with Crippen LogP contribution in [0.3, 0.4) is 0 Å². The van der Waals surface area contributed by atoms with E-state index in [0.717, 1.165) is 24.6 Å². The zero-order valence-electron chi connectivity index (χ0n) is 12.7. The molecule has 2 heterocycles. The van der Waals surface area contributed by atoms with Crippen molar-refractivity contribution >= 4 is 35.2 Å². The molecule has 1 atom stereocenters. The van der Waals surface area contributed by atoms with E-state index in [1.54, 1.807) is 24.3 Å². The number of nitrogens with one attached hydrogen (secondary N) is 2. The van der Waals surface area contributed by atoms with Crippen molar-refractivity contribution in [2.45, 2.75) is 18.9 Å². The highest BCUT2D eigenvalue weighted by molar-refractivity contribution is 7.99. The van der Waals surface area contributed by atoms with Crippen LogP contribution in [0.15, 0.2) is 24.3 Å². The first-order chi connectivity index (χ1) is 11.1. The number of rotatable bonds is 3. The molecule has 1 saturated heterocycles. The summed E-state index contributed by atoms with van der Waals surface area (Å²) < 4.78 is 0. The zero-order valence-corrected chi connectivity index (χ0v) is 13.5. The Morgan fingerprint density at radius 3 is 2.74 bits per heavy atom. The monoisotopic (exact) mass is 333 g/mol. The van der Waals surface area contributed by atoms with E-state index in [1.807, 2.05) is 16.7 Å². The van der Waals surface area contributed by atoms with Crippen molar-refractivity contribution in [2.24, 2.45) is 0 Å². The normalized spacial score (nSPS) is 21.0. The molecule has 2 aliphatic heterocycles. The lowest BCUT2D eigenvalue weighted by atomic mass is 10.1. The first-order valence-corrected chi connectivity index (χ1v) is 8.87. The Bertz CT molecular complexity index is 629. The number of thioether (sulfide) groups is 1. The first kappa shape index (κ1) is 15.9. The van der Waals surface area contributed by atoms with Crippen molar-refractivity contribution in [1.82, 2.24) is 10.2 Å². The van der Waals surface area contributed by atoms with Gasteiger partial charge in [-0.1, -0.05) is 12.1 Å². The average molecular weight is 333 g/mol. The van der Waals surface area contributed by atoms with Gasteiger partial charge in [0.05, 0.1) is 11.3 Å². The number of nitrogens with zero attached hydrogens (tertiary/aromatic N) is 1. The Balaban J connectivity index is 1.61. The number of amides is 3. The fourth-order valence-corrected chi connectivity index (χ4v) is 3.66. The molecule has 0 radical (unpaired) electrons. The predicted molar refractivity (Wildman–Crippen MR) is 89.5 cm³/mol. The molecule has 122 valence electrons. The molecule has 0 bridgehead atoms. The lowest BCUT2D eigenvalue weighted by Gasteiger charge is -2.27. The molecule has 2 N–H and O–H groups in total. The standard InChI is InChI=1S/C16H19N3O3S/c20-14(19-7-9-23-10-8-19)6-5-13-16(22)17-12-4-2-1-3-11(12)15(21)18-13/h1-4,13H,5-10H2,(H,17,22)(H,18,21)/t13-/m0/s1. The van der Waals surface area contributed by atoms with Crippen molar-refractivity contribution in [2.75, 3.05) is 29.9 Å². The smallest absolute Gasteiger partial charge is 0.254 e. The molecule has 1 aromatic carbocycles. The highest BCUT2D eigenvalue weighted by Crippen LogP contribution is 2.19. The number of carbonyl (C=O) groups is 3. The molecule has 0 aliphatic carbocycles. The molecule has 0 unspecified atom stereocenters. The summed E-state index contributed by atoms with van der Waals surface area (Å²) in [6.07, 6.45) is 0.577. The maximum Gasteiger partial charge on any atom is 0.254 e. The van der Waals surface area contributed by atoms with E-state index in [1.165, 1.54) is 0 Å². The number of benzene rings is 1. The van der Waals surface area contributed by atoms with Gasteiger partial charge in [0.1, 0.15) is 6.04 Å². The summed E-state index contributed by atoms with van der Waals surface area (Å²) in [6.45, 7) is 1.52. The van der Waals surface area contributed by atoms with Crippen LogP contribution in [-0.2, 0) is 9.59 Å². The van der Waals surface area contributed by atoms with Crippen molar-refractivity contribution < 1.29 is 14.4 Å². The summed E-state index contributed by atoms with van der Waals surface area (Å²) in [6, 6.07) is 6.21. The lowest BCUT2D eigenvalue weighted by Crippen LogP contribution is -2.43. The lowest BCUT2D eigenvalue weighted by molar-refractivity contribution is -0.131. The van der Waals surface area contributed by atoms with Crippen LogP contribution in [0.4, 0.5) is 5.69 Å². The molecule has 0 saturated carbocycles. The van der Waals surface area contributed by atoms with Crippen molar-refractivity contribution in [3.05, 3.63) is 29.8 Å². The molecule has 3 amide bonds. The van der Waals surface area contributed by atoms with E-state index in [-0.39, 0.29) is 24.1 Å². The third-order valence-corrected chi connectivity index (χ3v) is 5.00. The van der Waals surface area contributed by atoms with Gasteiger partial charge >= 0.3 is 0 Å². The molecule has 1 fully saturated rings. The average Bonchev–Trinajstić information content (AvgIpc) is 2.70. The number of hydrogen-bond donors (Lipinski definition) is 2. The Kier molecular flexibility index (Phi) is 4.85. The largest absolute Gasteiger partial charge is 0.341 e. The molecule has 6 nitrogen and oxygen atoms in total. The number of hydrogen-bond acceptors (Lipinski definition) is 4. The Morgan fingerprint density at radius 2 is 1.96 bits per heavy atom. The molecular weight excluding hydrogens is 314 g/mol. The van der Waals surface area contributed by atoms with E-state index in [9.17, 15) is 14.4 Å². The van der Waals surface area contributed by atoms with Crippen LogP contribution in [0, 0.1) is 0 Å². The first-order valence-electron chi connectivity index (χ1n) is 7.71. The number of anilines is 1. The van der Waals surface area contributed by atoms with Gasteiger partial charge in [-0.2, -0.15) is 11.8 Å². The highest BCUT2D eigenvalue weighted by atomic mass is 32.2. The third kappa shape index (κ3) is 3.67. The Hall–Kier alpha value is -2.02. The van der Waals surface area contributed by atoms with Crippen molar-refractivity contribution in [3.8, 4) is 0 Å². The summed E-state index contributed by atoms with van der Waals surface area (Å²) in [5.74, 6) is 1.41. The van der Waals surface area contributed by atoms with Gasteiger partial charge in [0.25, 0.3) is 5.91 Å². The maximum atomic E-state index is 12.3. The van der Waals surface area contributed by atoms with Crippen molar-refractivity contribution in [1.29, 1.82) is 0 Å². The van der Waals surface area contributed by atoms with Gasteiger partial charge in [0, 0.05) is 31.0 Å².